The average Bonchev–Trinajstić information content (AvgIpc) is 3.30. The fraction of sp³-hybridized carbons (Fsp3) is 0.364. The third-order valence-corrected chi connectivity index (χ3v) is 5.83. The Kier molecular flexibility index (Phi) is 3.89. The maximum absolute atomic E-state index is 10.5. The molecule has 30 heavy (non-hydrogen) atoms. The van der Waals surface area contributed by atoms with Crippen LogP contribution in [0.4, 0.5) is 5.95 Å². The predicted octanol–water partition coefficient (Wildman–Crippen LogP) is 3.18. The zero-order chi connectivity index (χ0) is 20.2. The number of hydrogen-bond donors (Lipinski definition) is 2. The van der Waals surface area contributed by atoms with Gasteiger partial charge < -0.3 is 19.7 Å². The van der Waals surface area contributed by atoms with Crippen molar-refractivity contribution >= 4 is 28.1 Å². The molecule has 3 aromatic heterocycles. The number of nitrogens with one attached hydrogen (secondary N) is 1. The fourth-order valence-electron chi connectivity index (χ4n) is 4.16. The van der Waals surface area contributed by atoms with E-state index in [0.717, 1.165) is 31.0 Å². The summed E-state index contributed by atoms with van der Waals surface area (Å²) in [6, 6.07) is 8.40. The molecule has 0 radical (unpaired) electrons. The van der Waals surface area contributed by atoms with Crippen LogP contribution in [0.25, 0.3) is 33.4 Å². The van der Waals surface area contributed by atoms with Crippen molar-refractivity contribution in [1.29, 1.82) is 0 Å². The number of aryl methyl sites for hydroxylation is 1. The summed E-state index contributed by atoms with van der Waals surface area (Å²) in [4.78, 5) is 20.5. The highest BCUT2D eigenvalue weighted by Gasteiger charge is 2.30. The number of rotatable bonds is 4. The molecule has 0 amide bonds. The van der Waals surface area contributed by atoms with E-state index in [1.807, 2.05) is 12.1 Å². The molecule has 2 fully saturated rings. The van der Waals surface area contributed by atoms with Crippen LogP contribution < -0.4 is 10.2 Å². The minimum Gasteiger partial charge on any atom is -0.507 e. The van der Waals surface area contributed by atoms with E-state index in [2.05, 4.69) is 25.2 Å². The molecular formula is C22H22N6O2. The first-order valence-corrected chi connectivity index (χ1v) is 10.4. The van der Waals surface area contributed by atoms with Crippen molar-refractivity contribution in [2.75, 3.05) is 18.0 Å². The summed E-state index contributed by atoms with van der Waals surface area (Å²) >= 11 is 0. The minimum absolute atomic E-state index is 0.117. The van der Waals surface area contributed by atoms with E-state index in [1.165, 1.54) is 12.8 Å². The van der Waals surface area contributed by atoms with Crippen LogP contribution in [0, 0.1) is 6.92 Å². The van der Waals surface area contributed by atoms with Crippen molar-refractivity contribution in [2.24, 2.45) is 0 Å². The van der Waals surface area contributed by atoms with Crippen molar-refractivity contribution in [3.8, 4) is 17.0 Å². The van der Waals surface area contributed by atoms with Gasteiger partial charge in [0, 0.05) is 43.7 Å². The second kappa shape index (κ2) is 6.63. The molecule has 4 aromatic rings. The van der Waals surface area contributed by atoms with Crippen molar-refractivity contribution in [3.63, 3.8) is 0 Å². The van der Waals surface area contributed by atoms with E-state index in [0.29, 0.717) is 45.8 Å². The lowest BCUT2D eigenvalue weighted by atomic mass is 10.1. The third kappa shape index (κ3) is 3.13. The first kappa shape index (κ1) is 17.6. The lowest BCUT2D eigenvalue weighted by molar-refractivity contribution is 0.477. The number of pyridine rings is 1. The maximum atomic E-state index is 10.5. The van der Waals surface area contributed by atoms with Crippen molar-refractivity contribution in [3.05, 3.63) is 36.4 Å². The van der Waals surface area contributed by atoms with Gasteiger partial charge in [-0.3, -0.25) is 0 Å². The largest absolute Gasteiger partial charge is 0.507 e. The molecule has 0 spiro atoms. The van der Waals surface area contributed by atoms with E-state index in [-0.39, 0.29) is 5.75 Å². The van der Waals surface area contributed by atoms with Crippen molar-refractivity contribution < 1.29 is 9.52 Å². The van der Waals surface area contributed by atoms with E-state index in [9.17, 15) is 5.11 Å². The number of aromatic hydroxyl groups is 1. The Balaban J connectivity index is 1.30. The van der Waals surface area contributed by atoms with Gasteiger partial charge in [-0.15, -0.1) is 0 Å². The average molecular weight is 402 g/mol. The molecule has 1 saturated carbocycles. The van der Waals surface area contributed by atoms with Gasteiger partial charge in [0.25, 0.3) is 0 Å². The van der Waals surface area contributed by atoms with Crippen LogP contribution in [0.15, 0.2) is 34.9 Å². The predicted molar refractivity (Wildman–Crippen MR) is 114 cm³/mol. The molecule has 8 nitrogen and oxygen atoms in total. The van der Waals surface area contributed by atoms with Crippen molar-refractivity contribution in [2.45, 2.75) is 38.3 Å². The molecule has 1 aromatic carbocycles. The van der Waals surface area contributed by atoms with E-state index < -0.39 is 0 Å². The first-order chi connectivity index (χ1) is 14.6. The number of benzene rings is 1. The Morgan fingerprint density at radius 2 is 1.93 bits per heavy atom. The number of nitrogens with zero attached hydrogens (tertiary/aromatic N) is 5. The van der Waals surface area contributed by atoms with E-state index in [4.69, 9.17) is 9.40 Å². The molecule has 2 aliphatic rings. The fourth-order valence-corrected chi connectivity index (χ4v) is 4.16. The molecule has 152 valence electrons. The molecule has 1 unspecified atom stereocenters. The third-order valence-electron chi connectivity index (χ3n) is 5.83. The van der Waals surface area contributed by atoms with Crippen LogP contribution >= 0.6 is 0 Å². The molecule has 1 aliphatic carbocycles. The van der Waals surface area contributed by atoms with Crippen LogP contribution in [0.1, 0.15) is 25.2 Å². The Morgan fingerprint density at radius 3 is 2.80 bits per heavy atom. The molecule has 4 heterocycles. The number of fused-ring (bicyclic) bond motifs is 2. The summed E-state index contributed by atoms with van der Waals surface area (Å²) < 4.78 is 5.60. The van der Waals surface area contributed by atoms with Gasteiger partial charge in [0.05, 0.1) is 17.4 Å². The number of hydrogen-bond acceptors (Lipinski definition) is 8. The highest BCUT2D eigenvalue weighted by atomic mass is 16.3. The zero-order valence-corrected chi connectivity index (χ0v) is 16.7. The Bertz CT molecular complexity index is 1270. The molecule has 2 N–H and O–H groups in total. The maximum Gasteiger partial charge on any atom is 0.226 e. The monoisotopic (exact) mass is 402 g/mol. The van der Waals surface area contributed by atoms with Gasteiger partial charge in [0.2, 0.25) is 5.95 Å². The van der Waals surface area contributed by atoms with Gasteiger partial charge in [0.1, 0.15) is 16.8 Å². The Hall–Kier alpha value is -3.26. The van der Waals surface area contributed by atoms with Gasteiger partial charge in [-0.2, -0.15) is 0 Å². The quantitative estimate of drug-likeness (QED) is 0.537. The van der Waals surface area contributed by atoms with Crippen molar-refractivity contribution in [1.82, 2.24) is 25.3 Å². The van der Waals surface area contributed by atoms with Gasteiger partial charge in [-0.25, -0.2) is 19.9 Å². The lowest BCUT2D eigenvalue weighted by Crippen LogP contribution is -2.34. The lowest BCUT2D eigenvalue weighted by Gasteiger charge is -2.17. The summed E-state index contributed by atoms with van der Waals surface area (Å²) in [5.74, 6) is 1.43. The van der Waals surface area contributed by atoms with Gasteiger partial charge in [-0.1, -0.05) is 0 Å². The highest BCUT2D eigenvalue weighted by Crippen LogP contribution is 2.33. The summed E-state index contributed by atoms with van der Waals surface area (Å²) in [7, 11) is 0. The number of phenols is 1. The normalized spacial score (nSPS) is 19.2. The van der Waals surface area contributed by atoms with E-state index in [1.54, 1.807) is 25.3 Å². The number of oxazole rings is 1. The second-order valence-corrected chi connectivity index (χ2v) is 8.21. The van der Waals surface area contributed by atoms with Gasteiger partial charge in [0.15, 0.2) is 11.5 Å². The van der Waals surface area contributed by atoms with Crippen LogP contribution in [0.3, 0.4) is 0 Å². The molecule has 6 rings (SSSR count). The Labute approximate surface area is 173 Å². The second-order valence-electron chi connectivity index (χ2n) is 8.21. The minimum atomic E-state index is 0.117. The molecule has 0 bridgehead atoms. The van der Waals surface area contributed by atoms with Crippen LogP contribution in [0.2, 0.25) is 0 Å². The van der Waals surface area contributed by atoms with Gasteiger partial charge >= 0.3 is 0 Å². The summed E-state index contributed by atoms with van der Waals surface area (Å²) in [5.41, 5.74) is 3.97. The summed E-state index contributed by atoms with van der Waals surface area (Å²) in [5, 5.41) is 14.1. The molecule has 1 saturated heterocycles. The molecule has 1 atom stereocenters. The Morgan fingerprint density at radius 1 is 1.03 bits per heavy atom. The summed E-state index contributed by atoms with van der Waals surface area (Å²) in [6.45, 7) is 3.69. The number of anilines is 1. The van der Waals surface area contributed by atoms with Crippen LogP contribution in [-0.2, 0) is 0 Å². The standard InChI is InChI=1S/C22H22N6O2/c1-12-24-18-9-20(29)15(8-21(18)30-12)16-4-5-17-19(26-16)10-23-22(27-17)28-7-6-14(11-28)25-13-2-3-13/h4-5,8-10,13-14,25,29H,2-3,6-7,11H2,1H3. The molecule has 8 heteroatoms. The van der Waals surface area contributed by atoms with Crippen LogP contribution in [0.5, 0.6) is 5.75 Å². The van der Waals surface area contributed by atoms with Gasteiger partial charge in [-0.05, 0) is 37.5 Å². The molecule has 1 aliphatic heterocycles. The van der Waals surface area contributed by atoms with Crippen LogP contribution in [-0.4, -0.2) is 50.2 Å². The summed E-state index contributed by atoms with van der Waals surface area (Å²) in [6.07, 6.45) is 5.49. The SMILES string of the molecule is Cc1nc2cc(O)c(-c3ccc4nc(N5CCC(NC6CC6)C5)ncc4n3)cc2o1. The molecular weight excluding hydrogens is 380 g/mol. The smallest absolute Gasteiger partial charge is 0.226 e. The number of aromatic nitrogens is 4. The van der Waals surface area contributed by atoms with E-state index >= 15 is 0 Å². The highest BCUT2D eigenvalue weighted by molar-refractivity contribution is 5.86. The topological polar surface area (TPSA) is 100 Å². The zero-order valence-electron chi connectivity index (χ0n) is 16.7. The first-order valence-electron chi connectivity index (χ1n) is 10.4. The number of phenolic OH excluding ortho intramolecular Hbond substituents is 1.